The van der Waals surface area contributed by atoms with Crippen LogP contribution in [0.2, 0.25) is 0 Å². The number of halogens is 3. The fraction of sp³-hybridized carbons (Fsp3) is 0.273. The molecule has 0 saturated carbocycles. The molecule has 1 heterocycles. The quantitative estimate of drug-likeness (QED) is 0.769. The van der Waals surface area contributed by atoms with Gasteiger partial charge in [-0.15, -0.1) is 0 Å². The van der Waals surface area contributed by atoms with E-state index in [2.05, 4.69) is 5.32 Å². The fourth-order valence-electron chi connectivity index (χ4n) is 1.70. The minimum Gasteiger partial charge on any atom is -0.353 e. The van der Waals surface area contributed by atoms with Crippen LogP contribution in [0.3, 0.4) is 0 Å². The Morgan fingerprint density at radius 1 is 1.11 bits per heavy atom. The van der Waals surface area contributed by atoms with Crippen molar-refractivity contribution in [2.75, 3.05) is 18.0 Å². The minimum atomic E-state index is -4.45. The number of carbonyl (C=O) groups is 2. The maximum Gasteiger partial charge on any atom is 0.416 e. The second-order valence-electron chi connectivity index (χ2n) is 3.88. The molecular formula is C11H9F3N2O2. The summed E-state index contributed by atoms with van der Waals surface area (Å²) in [5, 5.41) is 2.08. The zero-order chi connectivity index (χ0) is 13.3. The van der Waals surface area contributed by atoms with E-state index in [1.807, 2.05) is 0 Å². The molecule has 1 aromatic rings. The van der Waals surface area contributed by atoms with Crippen molar-refractivity contribution in [1.82, 2.24) is 5.32 Å². The molecule has 18 heavy (non-hydrogen) atoms. The lowest BCUT2D eigenvalue weighted by molar-refractivity contribution is -0.137. The third-order valence-corrected chi connectivity index (χ3v) is 2.49. The number of hydrogen-bond donors (Lipinski definition) is 1. The minimum absolute atomic E-state index is 0.132. The van der Waals surface area contributed by atoms with E-state index in [4.69, 9.17) is 0 Å². The Bertz CT molecular complexity index is 483. The number of alkyl halides is 3. The van der Waals surface area contributed by atoms with E-state index in [9.17, 15) is 22.8 Å². The summed E-state index contributed by atoms with van der Waals surface area (Å²) in [6.45, 7) is -0.264. The molecule has 0 atom stereocenters. The van der Waals surface area contributed by atoms with Crippen molar-refractivity contribution in [3.63, 3.8) is 0 Å². The van der Waals surface area contributed by atoms with E-state index in [1.165, 1.54) is 17.0 Å². The van der Waals surface area contributed by atoms with Gasteiger partial charge < -0.3 is 4.90 Å². The van der Waals surface area contributed by atoms with Crippen molar-refractivity contribution in [3.8, 4) is 0 Å². The van der Waals surface area contributed by atoms with Crippen molar-refractivity contribution < 1.29 is 22.8 Å². The van der Waals surface area contributed by atoms with Crippen molar-refractivity contribution in [2.45, 2.75) is 6.18 Å². The number of hydrogen-bond acceptors (Lipinski definition) is 3. The normalized spacial score (nSPS) is 16.7. The van der Waals surface area contributed by atoms with Crippen molar-refractivity contribution >= 4 is 17.5 Å². The second kappa shape index (κ2) is 4.32. The zero-order valence-electron chi connectivity index (χ0n) is 9.12. The lowest BCUT2D eigenvalue weighted by atomic mass is 10.1. The predicted molar refractivity (Wildman–Crippen MR) is 56.8 cm³/mol. The van der Waals surface area contributed by atoms with E-state index in [0.717, 1.165) is 12.1 Å². The number of nitrogens with zero attached hydrogens (tertiary/aromatic N) is 1. The van der Waals surface area contributed by atoms with Crippen LogP contribution in [0.5, 0.6) is 0 Å². The molecule has 0 aliphatic carbocycles. The number of amides is 2. The molecule has 4 nitrogen and oxygen atoms in total. The van der Waals surface area contributed by atoms with Crippen molar-refractivity contribution in [2.24, 2.45) is 0 Å². The molecule has 1 N–H and O–H groups in total. The third-order valence-electron chi connectivity index (χ3n) is 2.49. The zero-order valence-corrected chi connectivity index (χ0v) is 9.12. The molecule has 2 amide bonds. The van der Waals surface area contributed by atoms with Crippen LogP contribution in [-0.2, 0) is 15.8 Å². The third kappa shape index (κ3) is 2.61. The smallest absolute Gasteiger partial charge is 0.353 e. The number of piperazine rings is 1. The maximum absolute atomic E-state index is 12.5. The first kappa shape index (κ1) is 12.4. The Morgan fingerprint density at radius 2 is 1.72 bits per heavy atom. The molecule has 96 valence electrons. The lowest BCUT2D eigenvalue weighted by Crippen LogP contribution is -2.51. The Kier molecular flexibility index (Phi) is 2.98. The number of benzene rings is 1. The first-order valence-corrected chi connectivity index (χ1v) is 5.11. The van der Waals surface area contributed by atoms with Gasteiger partial charge in [0.25, 0.3) is 0 Å². The molecular weight excluding hydrogens is 249 g/mol. The molecule has 7 heteroatoms. The monoisotopic (exact) mass is 258 g/mol. The van der Waals surface area contributed by atoms with Gasteiger partial charge in [0, 0.05) is 5.69 Å². The molecule has 1 saturated heterocycles. The Labute approximate surface area is 100 Å². The van der Waals surface area contributed by atoms with Crippen LogP contribution in [-0.4, -0.2) is 24.9 Å². The molecule has 1 aliphatic rings. The highest BCUT2D eigenvalue weighted by Gasteiger charge is 2.31. The van der Waals surface area contributed by atoms with E-state index in [-0.39, 0.29) is 18.8 Å². The summed E-state index contributed by atoms with van der Waals surface area (Å²) >= 11 is 0. The van der Waals surface area contributed by atoms with Crippen molar-refractivity contribution in [3.05, 3.63) is 29.8 Å². The van der Waals surface area contributed by atoms with Gasteiger partial charge in [0.2, 0.25) is 11.8 Å². The molecule has 1 fully saturated rings. The van der Waals surface area contributed by atoms with Gasteiger partial charge in [-0.05, 0) is 18.2 Å². The van der Waals surface area contributed by atoms with Gasteiger partial charge in [-0.2, -0.15) is 13.2 Å². The van der Waals surface area contributed by atoms with Crippen molar-refractivity contribution in [1.29, 1.82) is 0 Å². The van der Waals surface area contributed by atoms with Crippen LogP contribution in [0.1, 0.15) is 5.56 Å². The van der Waals surface area contributed by atoms with Crippen LogP contribution in [0.4, 0.5) is 18.9 Å². The predicted octanol–water partition coefficient (Wildman–Crippen LogP) is 1.17. The number of anilines is 1. The van der Waals surface area contributed by atoms with E-state index in [0.29, 0.717) is 0 Å². The highest BCUT2D eigenvalue weighted by atomic mass is 19.4. The van der Waals surface area contributed by atoms with Gasteiger partial charge >= 0.3 is 6.18 Å². The summed E-state index contributed by atoms with van der Waals surface area (Å²) in [6.07, 6.45) is -4.45. The van der Waals surface area contributed by atoms with Gasteiger partial charge in [0.1, 0.15) is 0 Å². The standard InChI is InChI=1S/C11H9F3N2O2/c12-11(13,14)7-2-1-3-8(4-7)16-5-9(17)15-10(18)6-16/h1-4H,5-6H2,(H,15,17,18). The number of carbonyl (C=O) groups excluding carboxylic acids is 2. The Morgan fingerprint density at radius 3 is 2.28 bits per heavy atom. The number of rotatable bonds is 1. The summed E-state index contributed by atoms with van der Waals surface area (Å²) in [4.78, 5) is 23.6. The molecule has 0 radical (unpaired) electrons. The molecule has 0 aromatic heterocycles. The first-order chi connectivity index (χ1) is 8.36. The van der Waals surface area contributed by atoms with Gasteiger partial charge in [-0.25, -0.2) is 0 Å². The highest BCUT2D eigenvalue weighted by Crippen LogP contribution is 2.31. The van der Waals surface area contributed by atoms with Gasteiger partial charge in [-0.1, -0.05) is 6.07 Å². The van der Waals surface area contributed by atoms with Gasteiger partial charge in [0.15, 0.2) is 0 Å². The molecule has 0 unspecified atom stereocenters. The maximum atomic E-state index is 12.5. The lowest BCUT2D eigenvalue weighted by Gasteiger charge is -2.27. The Hall–Kier alpha value is -2.05. The summed E-state index contributed by atoms with van der Waals surface area (Å²) in [5.41, 5.74) is -0.605. The highest BCUT2D eigenvalue weighted by molar-refractivity contribution is 6.02. The molecule has 1 aromatic carbocycles. The largest absolute Gasteiger partial charge is 0.416 e. The first-order valence-electron chi connectivity index (χ1n) is 5.11. The van der Waals surface area contributed by atoms with Crippen LogP contribution in [0, 0.1) is 0 Å². The molecule has 0 bridgehead atoms. The number of imide groups is 1. The van der Waals surface area contributed by atoms with Crippen LogP contribution >= 0.6 is 0 Å². The number of nitrogens with one attached hydrogen (secondary N) is 1. The summed E-state index contributed by atoms with van der Waals surface area (Å²) in [6, 6.07) is 4.54. The summed E-state index contributed by atoms with van der Waals surface area (Å²) in [7, 11) is 0. The topological polar surface area (TPSA) is 49.4 Å². The summed E-state index contributed by atoms with van der Waals surface area (Å²) in [5.74, 6) is -1.05. The fourth-order valence-corrected chi connectivity index (χ4v) is 1.70. The van der Waals surface area contributed by atoms with E-state index in [1.54, 1.807) is 0 Å². The SMILES string of the molecule is O=C1CN(c2cccc(C(F)(F)F)c2)CC(=O)N1. The molecule has 0 spiro atoms. The average molecular weight is 258 g/mol. The van der Waals surface area contributed by atoms with Gasteiger partial charge in [-0.3, -0.25) is 14.9 Å². The van der Waals surface area contributed by atoms with Crippen LogP contribution < -0.4 is 10.2 Å². The Balaban J connectivity index is 2.28. The molecule has 2 rings (SSSR count). The van der Waals surface area contributed by atoms with Crippen LogP contribution in [0.15, 0.2) is 24.3 Å². The van der Waals surface area contributed by atoms with Crippen LogP contribution in [0.25, 0.3) is 0 Å². The van der Waals surface area contributed by atoms with E-state index >= 15 is 0 Å². The van der Waals surface area contributed by atoms with E-state index < -0.39 is 23.6 Å². The summed E-state index contributed by atoms with van der Waals surface area (Å²) < 4.78 is 37.6. The second-order valence-corrected chi connectivity index (χ2v) is 3.88. The average Bonchev–Trinajstić information content (AvgIpc) is 2.27. The molecule has 1 aliphatic heterocycles. The van der Waals surface area contributed by atoms with Gasteiger partial charge in [0.05, 0.1) is 18.7 Å².